The van der Waals surface area contributed by atoms with Crippen molar-refractivity contribution in [3.63, 3.8) is 0 Å². The van der Waals surface area contributed by atoms with Gasteiger partial charge in [0.2, 0.25) is 10.9 Å². The normalized spacial score (nSPS) is 12.2. The van der Waals surface area contributed by atoms with Gasteiger partial charge >= 0.3 is 5.97 Å². The summed E-state index contributed by atoms with van der Waals surface area (Å²) in [5.74, 6) is -0.207. The second kappa shape index (κ2) is 8.10. The molecular formula is C20H22N4O3S. The Morgan fingerprint density at radius 2 is 1.82 bits per heavy atom. The van der Waals surface area contributed by atoms with E-state index in [2.05, 4.69) is 15.1 Å². The van der Waals surface area contributed by atoms with Crippen LogP contribution in [0.25, 0.3) is 5.78 Å². The molecule has 0 radical (unpaired) electrons. The minimum absolute atomic E-state index is 0.0145. The lowest BCUT2D eigenvalue weighted by atomic mass is 10.1. The van der Waals surface area contributed by atoms with Crippen LogP contribution in [0, 0.1) is 20.8 Å². The molecule has 0 N–H and O–H groups in total. The first-order valence-corrected chi connectivity index (χ1v) is 10.1. The fourth-order valence-electron chi connectivity index (χ4n) is 2.92. The third-order valence-electron chi connectivity index (χ3n) is 4.55. The molecule has 0 bridgehead atoms. The molecule has 1 aromatic carbocycles. The smallest absolute Gasteiger partial charge is 0.311 e. The van der Waals surface area contributed by atoms with E-state index in [0.29, 0.717) is 22.2 Å². The van der Waals surface area contributed by atoms with Gasteiger partial charge in [-0.1, -0.05) is 41.6 Å². The summed E-state index contributed by atoms with van der Waals surface area (Å²) in [4.78, 5) is 33.7. The van der Waals surface area contributed by atoms with E-state index in [-0.39, 0.29) is 12.2 Å². The van der Waals surface area contributed by atoms with Gasteiger partial charge in [-0.15, -0.1) is 5.10 Å². The molecule has 3 rings (SSSR count). The Morgan fingerprint density at radius 1 is 1.14 bits per heavy atom. The zero-order valence-electron chi connectivity index (χ0n) is 16.5. The molecule has 0 saturated carbocycles. The lowest BCUT2D eigenvalue weighted by molar-refractivity contribution is -0.145. The van der Waals surface area contributed by atoms with Gasteiger partial charge in [0, 0.05) is 22.5 Å². The van der Waals surface area contributed by atoms with Crippen LogP contribution < -0.4 is 0 Å². The summed E-state index contributed by atoms with van der Waals surface area (Å²) in [6, 6.07) is 7.19. The number of rotatable bonds is 6. The molecule has 0 spiro atoms. The number of carbonyl (C=O) groups is 2. The molecule has 2 heterocycles. The molecule has 146 valence electrons. The summed E-state index contributed by atoms with van der Waals surface area (Å²) in [6.45, 7) is 7.22. The van der Waals surface area contributed by atoms with E-state index in [0.717, 1.165) is 16.8 Å². The molecule has 0 aliphatic rings. The molecule has 2 aromatic heterocycles. The van der Waals surface area contributed by atoms with Crippen LogP contribution >= 0.6 is 11.8 Å². The van der Waals surface area contributed by atoms with Gasteiger partial charge < -0.3 is 4.74 Å². The van der Waals surface area contributed by atoms with Crippen molar-refractivity contribution in [2.45, 2.75) is 45.4 Å². The van der Waals surface area contributed by atoms with Crippen molar-refractivity contribution in [2.75, 3.05) is 6.26 Å². The lowest BCUT2D eigenvalue weighted by Crippen LogP contribution is -2.26. The van der Waals surface area contributed by atoms with E-state index in [4.69, 9.17) is 4.74 Å². The number of thioether (sulfide) groups is 1. The van der Waals surface area contributed by atoms with E-state index < -0.39 is 12.1 Å². The van der Waals surface area contributed by atoms with Crippen LogP contribution in [0.4, 0.5) is 0 Å². The van der Waals surface area contributed by atoms with Crippen molar-refractivity contribution in [2.24, 2.45) is 0 Å². The number of esters is 1. The van der Waals surface area contributed by atoms with E-state index in [9.17, 15) is 9.59 Å². The van der Waals surface area contributed by atoms with E-state index in [1.165, 1.54) is 11.8 Å². The Labute approximate surface area is 167 Å². The first-order valence-electron chi connectivity index (χ1n) is 8.87. The number of hydrogen-bond acceptors (Lipinski definition) is 7. The highest BCUT2D eigenvalue weighted by Gasteiger charge is 2.22. The molecule has 0 aliphatic heterocycles. The Balaban J connectivity index is 1.75. The van der Waals surface area contributed by atoms with Crippen LogP contribution in [0.5, 0.6) is 0 Å². The minimum Gasteiger partial charge on any atom is -0.454 e. The van der Waals surface area contributed by atoms with E-state index in [1.54, 1.807) is 23.6 Å². The number of benzene rings is 1. The van der Waals surface area contributed by atoms with Crippen LogP contribution in [0.2, 0.25) is 0 Å². The zero-order chi connectivity index (χ0) is 20.4. The van der Waals surface area contributed by atoms with Crippen molar-refractivity contribution in [1.82, 2.24) is 19.6 Å². The van der Waals surface area contributed by atoms with Gasteiger partial charge in [-0.2, -0.15) is 4.98 Å². The standard InChI is InChI=1S/C20H22N4O3S/c1-11-6-8-15(9-7-11)18(26)14(4)27-17(25)10-16-12(2)21-19-22-20(28-5)23-24(19)13(16)3/h6-9,14H,10H2,1-5H3/t14-/m0/s1. The van der Waals surface area contributed by atoms with Crippen molar-refractivity contribution in [1.29, 1.82) is 0 Å². The quantitative estimate of drug-likeness (QED) is 0.358. The maximum atomic E-state index is 12.5. The summed E-state index contributed by atoms with van der Waals surface area (Å²) in [5.41, 5.74) is 3.79. The summed E-state index contributed by atoms with van der Waals surface area (Å²) in [6.07, 6.45) is 1.05. The average molecular weight is 398 g/mol. The Bertz CT molecular complexity index is 1040. The number of aromatic nitrogens is 4. The summed E-state index contributed by atoms with van der Waals surface area (Å²) in [7, 11) is 0. The maximum Gasteiger partial charge on any atom is 0.311 e. The van der Waals surface area contributed by atoms with Gasteiger partial charge in [0.1, 0.15) is 0 Å². The fraction of sp³-hybridized carbons (Fsp3) is 0.350. The van der Waals surface area contributed by atoms with Gasteiger partial charge in [0.15, 0.2) is 6.10 Å². The van der Waals surface area contributed by atoms with Crippen molar-refractivity contribution in [3.05, 3.63) is 52.3 Å². The number of aryl methyl sites for hydroxylation is 3. The van der Waals surface area contributed by atoms with Crippen molar-refractivity contribution < 1.29 is 14.3 Å². The number of fused-ring (bicyclic) bond motifs is 1. The first kappa shape index (κ1) is 20.0. The fourth-order valence-corrected chi connectivity index (χ4v) is 3.26. The molecule has 28 heavy (non-hydrogen) atoms. The van der Waals surface area contributed by atoms with Crippen molar-refractivity contribution in [3.8, 4) is 0 Å². The van der Waals surface area contributed by atoms with Gasteiger partial charge in [-0.3, -0.25) is 9.59 Å². The molecule has 0 amide bonds. The maximum absolute atomic E-state index is 12.5. The lowest BCUT2D eigenvalue weighted by Gasteiger charge is -2.14. The van der Waals surface area contributed by atoms with Crippen LogP contribution in [0.1, 0.15) is 39.8 Å². The van der Waals surface area contributed by atoms with Crippen LogP contribution in [0.15, 0.2) is 29.4 Å². The number of hydrogen-bond donors (Lipinski definition) is 0. The van der Waals surface area contributed by atoms with Gasteiger partial charge in [-0.05, 0) is 34.0 Å². The highest BCUT2D eigenvalue weighted by Crippen LogP contribution is 2.18. The Kier molecular flexibility index (Phi) is 5.79. The van der Waals surface area contributed by atoms with Crippen molar-refractivity contribution >= 4 is 29.3 Å². The number of nitrogens with zero attached hydrogens (tertiary/aromatic N) is 4. The molecule has 0 aliphatic carbocycles. The molecule has 8 heteroatoms. The highest BCUT2D eigenvalue weighted by molar-refractivity contribution is 7.98. The number of ether oxygens (including phenoxy) is 1. The number of Topliss-reactive ketones (excluding diaryl/α,β-unsaturated/α-hetero) is 1. The third-order valence-corrected chi connectivity index (χ3v) is 5.08. The third kappa shape index (κ3) is 4.06. The largest absolute Gasteiger partial charge is 0.454 e. The van der Waals surface area contributed by atoms with Crippen LogP contribution in [-0.2, 0) is 16.0 Å². The monoisotopic (exact) mass is 398 g/mol. The molecule has 0 unspecified atom stereocenters. The topological polar surface area (TPSA) is 86.5 Å². The number of ketones is 1. The van der Waals surface area contributed by atoms with Gasteiger partial charge in [-0.25, -0.2) is 9.50 Å². The van der Waals surface area contributed by atoms with Crippen LogP contribution in [0.3, 0.4) is 0 Å². The zero-order valence-corrected chi connectivity index (χ0v) is 17.3. The number of carbonyl (C=O) groups excluding carboxylic acids is 2. The Hall–Kier alpha value is -2.74. The second-order valence-electron chi connectivity index (χ2n) is 6.61. The molecule has 1 atom stereocenters. The molecule has 0 fully saturated rings. The Morgan fingerprint density at radius 3 is 2.46 bits per heavy atom. The molecular weight excluding hydrogens is 376 g/mol. The predicted molar refractivity (Wildman–Crippen MR) is 107 cm³/mol. The minimum atomic E-state index is -0.859. The van der Waals surface area contributed by atoms with E-state index in [1.807, 2.05) is 39.2 Å². The SMILES string of the molecule is CSc1nc2nc(C)c(CC(=O)O[C@@H](C)C(=O)c3ccc(C)cc3)c(C)n2n1. The van der Waals surface area contributed by atoms with Gasteiger partial charge in [0.25, 0.3) is 5.78 Å². The first-order chi connectivity index (χ1) is 13.3. The van der Waals surface area contributed by atoms with E-state index >= 15 is 0 Å². The molecule has 0 saturated heterocycles. The van der Waals surface area contributed by atoms with Crippen LogP contribution in [-0.4, -0.2) is 43.7 Å². The summed E-state index contributed by atoms with van der Waals surface area (Å²) < 4.78 is 7.01. The average Bonchev–Trinajstić information content (AvgIpc) is 3.08. The predicted octanol–water partition coefficient (Wildman–Crippen LogP) is 3.13. The molecule has 3 aromatic rings. The second-order valence-corrected chi connectivity index (χ2v) is 7.38. The summed E-state index contributed by atoms with van der Waals surface area (Å²) in [5, 5.41) is 4.99. The highest BCUT2D eigenvalue weighted by atomic mass is 32.2. The molecule has 7 nitrogen and oxygen atoms in total. The van der Waals surface area contributed by atoms with Gasteiger partial charge in [0.05, 0.1) is 6.42 Å². The summed E-state index contributed by atoms with van der Waals surface area (Å²) >= 11 is 1.43.